The summed E-state index contributed by atoms with van der Waals surface area (Å²) in [7, 11) is 1.67. The minimum Gasteiger partial charge on any atom is -0.383 e. The minimum atomic E-state index is 0.645. The molecular weight excluding hydrogens is 242 g/mol. The molecule has 0 bridgehead atoms. The molecule has 0 saturated heterocycles. The normalized spacial score (nSPS) is 10.8. The summed E-state index contributed by atoms with van der Waals surface area (Å²) >= 11 is 0. The van der Waals surface area contributed by atoms with E-state index in [0.29, 0.717) is 13.2 Å². The number of aromatic nitrogens is 2. The van der Waals surface area contributed by atoms with Gasteiger partial charge in [0.25, 0.3) is 0 Å². The van der Waals surface area contributed by atoms with Crippen LogP contribution in [0.3, 0.4) is 0 Å². The van der Waals surface area contributed by atoms with E-state index in [1.54, 1.807) is 13.3 Å². The second kappa shape index (κ2) is 7.66. The quantitative estimate of drug-likeness (QED) is 0.737. The van der Waals surface area contributed by atoms with Crippen LogP contribution in [0.15, 0.2) is 30.5 Å². The van der Waals surface area contributed by atoms with Crippen molar-refractivity contribution in [1.29, 1.82) is 0 Å². The molecule has 102 valence electrons. The first kappa shape index (κ1) is 13.7. The van der Waals surface area contributed by atoms with E-state index in [1.165, 1.54) is 0 Å². The predicted octanol–water partition coefficient (Wildman–Crippen LogP) is 2.09. The Kier molecular flexibility index (Phi) is 5.52. The maximum Gasteiger partial charge on any atom is 0.0950 e. The van der Waals surface area contributed by atoms with Crippen LogP contribution in [0, 0.1) is 0 Å². The van der Waals surface area contributed by atoms with Crippen LogP contribution in [0.5, 0.6) is 0 Å². The SMILES string of the molecule is COCCOCCCNc1cnnc2ccccc12. The lowest BCUT2D eigenvalue weighted by Gasteiger charge is -2.08. The molecule has 0 aliphatic heterocycles. The Morgan fingerprint density at radius 2 is 2.05 bits per heavy atom. The van der Waals surface area contributed by atoms with Crippen LogP contribution in [-0.2, 0) is 9.47 Å². The second-order valence-electron chi connectivity index (χ2n) is 4.16. The fourth-order valence-corrected chi connectivity index (χ4v) is 1.79. The van der Waals surface area contributed by atoms with Crippen molar-refractivity contribution in [3.05, 3.63) is 30.5 Å². The van der Waals surface area contributed by atoms with Crippen molar-refractivity contribution in [2.75, 3.05) is 38.8 Å². The van der Waals surface area contributed by atoms with E-state index < -0.39 is 0 Å². The van der Waals surface area contributed by atoms with E-state index in [-0.39, 0.29) is 0 Å². The Bertz CT molecular complexity index is 500. The highest BCUT2D eigenvalue weighted by Gasteiger charge is 2.00. The van der Waals surface area contributed by atoms with Gasteiger partial charge in [-0.15, -0.1) is 0 Å². The summed E-state index contributed by atoms with van der Waals surface area (Å²) in [6.07, 6.45) is 2.70. The lowest BCUT2D eigenvalue weighted by atomic mass is 10.2. The van der Waals surface area contributed by atoms with Crippen molar-refractivity contribution in [3.8, 4) is 0 Å². The van der Waals surface area contributed by atoms with E-state index >= 15 is 0 Å². The van der Waals surface area contributed by atoms with Crippen LogP contribution in [0.4, 0.5) is 5.69 Å². The Labute approximate surface area is 112 Å². The van der Waals surface area contributed by atoms with Crippen LogP contribution in [0.1, 0.15) is 6.42 Å². The summed E-state index contributed by atoms with van der Waals surface area (Å²) in [4.78, 5) is 0. The number of methoxy groups -OCH3 is 1. The number of rotatable bonds is 8. The average molecular weight is 261 g/mol. The molecule has 2 aromatic rings. The first-order valence-corrected chi connectivity index (χ1v) is 6.43. The number of fused-ring (bicyclic) bond motifs is 1. The molecule has 0 fully saturated rings. The van der Waals surface area contributed by atoms with Crippen molar-refractivity contribution in [3.63, 3.8) is 0 Å². The van der Waals surface area contributed by atoms with Crippen LogP contribution >= 0.6 is 0 Å². The molecule has 5 heteroatoms. The fourth-order valence-electron chi connectivity index (χ4n) is 1.79. The molecule has 1 aromatic carbocycles. The molecule has 1 aromatic heterocycles. The summed E-state index contributed by atoms with van der Waals surface area (Å²) in [5.74, 6) is 0. The number of hydrogen-bond donors (Lipinski definition) is 1. The number of benzene rings is 1. The Balaban J connectivity index is 1.78. The van der Waals surface area contributed by atoms with E-state index in [2.05, 4.69) is 15.5 Å². The van der Waals surface area contributed by atoms with Gasteiger partial charge in [-0.25, -0.2) is 0 Å². The largest absolute Gasteiger partial charge is 0.383 e. The van der Waals surface area contributed by atoms with Crippen LogP contribution in [-0.4, -0.2) is 43.7 Å². The van der Waals surface area contributed by atoms with Gasteiger partial charge in [0.15, 0.2) is 0 Å². The van der Waals surface area contributed by atoms with Crippen LogP contribution in [0.25, 0.3) is 10.9 Å². The van der Waals surface area contributed by atoms with Gasteiger partial charge in [0.1, 0.15) is 0 Å². The maximum atomic E-state index is 5.41. The molecule has 0 radical (unpaired) electrons. The summed E-state index contributed by atoms with van der Waals surface area (Å²) in [5, 5.41) is 12.5. The van der Waals surface area contributed by atoms with Crippen LogP contribution in [0.2, 0.25) is 0 Å². The van der Waals surface area contributed by atoms with Gasteiger partial charge < -0.3 is 14.8 Å². The number of anilines is 1. The molecule has 1 N–H and O–H groups in total. The van der Waals surface area contributed by atoms with Gasteiger partial charge in [0.05, 0.1) is 30.6 Å². The van der Waals surface area contributed by atoms with Crippen molar-refractivity contribution in [1.82, 2.24) is 10.2 Å². The topological polar surface area (TPSA) is 56.3 Å². The molecule has 0 saturated carbocycles. The highest BCUT2D eigenvalue weighted by Crippen LogP contribution is 2.19. The summed E-state index contributed by atoms with van der Waals surface area (Å²) < 4.78 is 10.3. The molecule has 2 rings (SSSR count). The smallest absolute Gasteiger partial charge is 0.0950 e. The molecule has 0 atom stereocenters. The Morgan fingerprint density at radius 1 is 1.16 bits per heavy atom. The van der Waals surface area contributed by atoms with E-state index in [1.807, 2.05) is 24.3 Å². The van der Waals surface area contributed by atoms with Gasteiger partial charge >= 0.3 is 0 Å². The third-order valence-corrected chi connectivity index (χ3v) is 2.76. The average Bonchev–Trinajstić information content (AvgIpc) is 2.46. The van der Waals surface area contributed by atoms with Gasteiger partial charge in [-0.1, -0.05) is 18.2 Å². The lowest BCUT2D eigenvalue weighted by molar-refractivity contribution is 0.0705. The molecule has 1 heterocycles. The van der Waals surface area contributed by atoms with Gasteiger partial charge in [-0.3, -0.25) is 0 Å². The van der Waals surface area contributed by atoms with E-state index in [9.17, 15) is 0 Å². The van der Waals surface area contributed by atoms with E-state index in [4.69, 9.17) is 9.47 Å². The highest BCUT2D eigenvalue weighted by molar-refractivity contribution is 5.90. The predicted molar refractivity (Wildman–Crippen MR) is 75.3 cm³/mol. The maximum absolute atomic E-state index is 5.41. The summed E-state index contributed by atoms with van der Waals surface area (Å²) in [6.45, 7) is 2.87. The number of nitrogens with one attached hydrogen (secondary N) is 1. The third-order valence-electron chi connectivity index (χ3n) is 2.76. The Morgan fingerprint density at radius 3 is 2.95 bits per heavy atom. The number of nitrogens with zero attached hydrogens (tertiary/aromatic N) is 2. The third kappa shape index (κ3) is 4.15. The molecule has 0 aliphatic carbocycles. The van der Waals surface area contributed by atoms with Crippen molar-refractivity contribution < 1.29 is 9.47 Å². The van der Waals surface area contributed by atoms with Gasteiger partial charge in [-0.05, 0) is 12.5 Å². The number of hydrogen-bond acceptors (Lipinski definition) is 5. The van der Waals surface area contributed by atoms with Gasteiger partial charge in [-0.2, -0.15) is 10.2 Å². The zero-order valence-electron chi connectivity index (χ0n) is 11.1. The molecule has 0 aliphatic rings. The summed E-state index contributed by atoms with van der Waals surface area (Å²) in [6, 6.07) is 7.97. The monoisotopic (exact) mass is 261 g/mol. The zero-order valence-corrected chi connectivity index (χ0v) is 11.1. The zero-order chi connectivity index (χ0) is 13.3. The minimum absolute atomic E-state index is 0.645. The summed E-state index contributed by atoms with van der Waals surface area (Å²) in [5.41, 5.74) is 1.92. The molecular formula is C14H19N3O2. The van der Waals surface area contributed by atoms with Crippen molar-refractivity contribution >= 4 is 16.6 Å². The van der Waals surface area contributed by atoms with Crippen molar-refractivity contribution in [2.45, 2.75) is 6.42 Å². The standard InChI is InChI=1S/C14H19N3O2/c1-18-9-10-19-8-4-7-15-14-11-16-17-13-6-3-2-5-12(13)14/h2-3,5-6,11H,4,7-10H2,1H3,(H,15,17). The van der Waals surface area contributed by atoms with Gasteiger partial charge in [0.2, 0.25) is 0 Å². The van der Waals surface area contributed by atoms with Crippen LogP contribution < -0.4 is 5.32 Å². The number of ether oxygens (including phenoxy) is 2. The van der Waals surface area contributed by atoms with Crippen molar-refractivity contribution in [2.24, 2.45) is 0 Å². The Hall–Kier alpha value is -1.72. The molecule has 19 heavy (non-hydrogen) atoms. The molecule has 5 nitrogen and oxygen atoms in total. The second-order valence-corrected chi connectivity index (χ2v) is 4.16. The highest BCUT2D eigenvalue weighted by atomic mass is 16.5. The fraction of sp³-hybridized carbons (Fsp3) is 0.429. The van der Waals surface area contributed by atoms with Gasteiger partial charge in [0, 0.05) is 25.6 Å². The first-order chi connectivity index (χ1) is 9.42. The first-order valence-electron chi connectivity index (χ1n) is 6.43. The molecule has 0 spiro atoms. The van der Waals surface area contributed by atoms with E-state index in [0.717, 1.165) is 36.2 Å². The molecule has 0 unspecified atom stereocenters. The molecule has 0 amide bonds. The lowest BCUT2D eigenvalue weighted by Crippen LogP contribution is -2.08.